The number of aromatic nitrogens is 3. The first kappa shape index (κ1) is 20.2. The number of hydrogen-bond acceptors (Lipinski definition) is 3. The van der Waals surface area contributed by atoms with Crippen molar-refractivity contribution in [1.29, 1.82) is 0 Å². The smallest absolute Gasteiger partial charge is 0.275 e. The molecule has 0 aliphatic heterocycles. The van der Waals surface area contributed by atoms with Gasteiger partial charge in [0.15, 0.2) is 5.11 Å². The average Bonchev–Trinajstić information content (AvgIpc) is 3.18. The summed E-state index contributed by atoms with van der Waals surface area (Å²) in [4.78, 5) is 17.2. The maximum atomic E-state index is 13.0. The second kappa shape index (κ2) is 8.31. The van der Waals surface area contributed by atoms with Crippen LogP contribution in [0, 0.1) is 0 Å². The fraction of sp³-hybridized carbons (Fsp3) is 0.105. The van der Waals surface area contributed by atoms with Crippen LogP contribution < -0.4 is 16.2 Å². The number of anilines is 1. The van der Waals surface area contributed by atoms with Gasteiger partial charge >= 0.3 is 0 Å². The Morgan fingerprint density at radius 2 is 1.90 bits per heavy atom. The third-order valence-electron chi connectivity index (χ3n) is 4.37. The fourth-order valence-corrected chi connectivity index (χ4v) is 3.82. The highest BCUT2D eigenvalue weighted by Crippen LogP contribution is 2.27. The van der Waals surface area contributed by atoms with E-state index >= 15 is 0 Å². The summed E-state index contributed by atoms with van der Waals surface area (Å²) in [6.07, 6.45) is 3.51. The van der Waals surface area contributed by atoms with Gasteiger partial charge < -0.3 is 19.6 Å². The Hall–Kier alpha value is -2.13. The molecule has 4 rings (SSSR count). The molecule has 0 saturated heterocycles. The van der Waals surface area contributed by atoms with Gasteiger partial charge in [-0.15, -0.1) is 0 Å². The zero-order valence-electron chi connectivity index (χ0n) is 14.8. The minimum absolute atomic E-state index is 0.115. The van der Waals surface area contributed by atoms with Crippen LogP contribution in [0.25, 0.3) is 16.6 Å². The number of halogens is 3. The van der Waals surface area contributed by atoms with E-state index in [0.717, 1.165) is 9.99 Å². The first-order chi connectivity index (χ1) is 13.9. The van der Waals surface area contributed by atoms with Crippen molar-refractivity contribution in [3.63, 3.8) is 0 Å². The van der Waals surface area contributed by atoms with Crippen LogP contribution in [0.1, 0.15) is 0 Å². The molecule has 2 N–H and O–H groups in total. The number of benzene rings is 1. The van der Waals surface area contributed by atoms with E-state index in [2.05, 4.69) is 31.5 Å². The van der Waals surface area contributed by atoms with E-state index in [-0.39, 0.29) is 5.56 Å². The van der Waals surface area contributed by atoms with E-state index in [1.807, 2.05) is 28.8 Å². The zero-order valence-corrected chi connectivity index (χ0v) is 18.7. The van der Waals surface area contributed by atoms with Gasteiger partial charge in [-0.25, -0.2) is 4.98 Å². The number of pyridine rings is 1. The fourth-order valence-electron chi connectivity index (χ4n) is 3.06. The molecule has 0 saturated carbocycles. The Morgan fingerprint density at radius 1 is 1.14 bits per heavy atom. The Morgan fingerprint density at radius 3 is 2.62 bits per heavy atom. The quantitative estimate of drug-likeness (QED) is 0.389. The molecule has 0 spiro atoms. The SMILES string of the molecule is O=c1c2cccn2c2cc(Cl)c(Cl)cc2n1CCNC(=S)Nc1ccc(Br)cn1. The summed E-state index contributed by atoms with van der Waals surface area (Å²) in [5.41, 5.74) is 1.95. The summed E-state index contributed by atoms with van der Waals surface area (Å²) >= 11 is 21.1. The van der Waals surface area contributed by atoms with Gasteiger partial charge in [0.1, 0.15) is 11.3 Å². The van der Waals surface area contributed by atoms with Gasteiger partial charge in [-0.05, 0) is 64.5 Å². The van der Waals surface area contributed by atoms with E-state index in [1.165, 1.54) is 0 Å². The summed E-state index contributed by atoms with van der Waals surface area (Å²) in [6, 6.07) is 10.8. The molecule has 3 aromatic heterocycles. The van der Waals surface area contributed by atoms with Crippen molar-refractivity contribution in [2.75, 3.05) is 11.9 Å². The highest BCUT2D eigenvalue weighted by atomic mass is 79.9. The number of hydrogen-bond donors (Lipinski definition) is 2. The van der Waals surface area contributed by atoms with Crippen LogP contribution in [-0.4, -0.2) is 25.6 Å². The zero-order chi connectivity index (χ0) is 20.5. The van der Waals surface area contributed by atoms with Crippen molar-refractivity contribution in [2.45, 2.75) is 6.54 Å². The number of thiocarbonyl (C=S) groups is 1. The Balaban J connectivity index is 1.57. The molecule has 0 bridgehead atoms. The molecular weight excluding hydrogens is 497 g/mol. The molecule has 6 nitrogen and oxygen atoms in total. The number of rotatable bonds is 4. The maximum absolute atomic E-state index is 13.0. The van der Waals surface area contributed by atoms with E-state index in [1.54, 1.807) is 29.0 Å². The first-order valence-corrected chi connectivity index (χ1v) is 10.5. The Bertz CT molecular complexity index is 1290. The normalized spacial score (nSPS) is 11.1. The van der Waals surface area contributed by atoms with Crippen LogP contribution in [0.4, 0.5) is 5.82 Å². The van der Waals surface area contributed by atoms with E-state index in [9.17, 15) is 4.79 Å². The molecule has 0 unspecified atom stereocenters. The molecule has 3 heterocycles. The Kier molecular flexibility index (Phi) is 5.78. The van der Waals surface area contributed by atoms with E-state index in [0.29, 0.717) is 45.1 Å². The van der Waals surface area contributed by atoms with E-state index < -0.39 is 0 Å². The van der Waals surface area contributed by atoms with Gasteiger partial charge in [0, 0.05) is 30.0 Å². The topological polar surface area (TPSA) is 63.4 Å². The molecule has 0 radical (unpaired) electrons. The molecule has 29 heavy (non-hydrogen) atoms. The number of nitrogens with one attached hydrogen (secondary N) is 2. The van der Waals surface area contributed by atoms with Gasteiger partial charge in [0.05, 0.1) is 21.1 Å². The van der Waals surface area contributed by atoms with Crippen LogP contribution in [0.15, 0.2) is 58.1 Å². The van der Waals surface area contributed by atoms with Crippen LogP contribution in [0.3, 0.4) is 0 Å². The summed E-state index contributed by atoms with van der Waals surface area (Å²) in [5, 5.41) is 7.35. The van der Waals surface area contributed by atoms with Gasteiger partial charge in [-0.1, -0.05) is 23.2 Å². The van der Waals surface area contributed by atoms with Crippen LogP contribution >= 0.6 is 51.3 Å². The monoisotopic (exact) mass is 509 g/mol. The molecule has 0 aliphatic rings. The standard InChI is InChI=1S/C19H14BrCl2N5OS/c20-11-3-4-17(24-10-11)25-19(29)23-5-7-27-16-9-13(22)12(21)8-15(16)26-6-1-2-14(26)18(27)28/h1-4,6,8-10H,5,7H2,(H2,23,24,25,29). The maximum Gasteiger partial charge on any atom is 0.275 e. The number of fused-ring (bicyclic) bond motifs is 3. The second-order valence-corrected chi connectivity index (χ2v) is 8.36. The third kappa shape index (κ3) is 4.11. The lowest BCUT2D eigenvalue weighted by Gasteiger charge is -2.15. The summed E-state index contributed by atoms with van der Waals surface area (Å²) in [7, 11) is 0. The molecule has 0 atom stereocenters. The molecule has 0 amide bonds. The molecule has 4 aromatic rings. The van der Waals surface area contributed by atoms with Crippen molar-refractivity contribution < 1.29 is 0 Å². The molecule has 0 fully saturated rings. The first-order valence-electron chi connectivity index (χ1n) is 8.59. The molecule has 148 valence electrons. The predicted molar refractivity (Wildman–Crippen MR) is 125 cm³/mol. The summed E-state index contributed by atoms with van der Waals surface area (Å²) in [5.74, 6) is 0.629. The minimum atomic E-state index is -0.115. The largest absolute Gasteiger partial charge is 0.361 e. The van der Waals surface area contributed by atoms with Crippen molar-refractivity contribution in [1.82, 2.24) is 19.3 Å². The molecule has 0 aliphatic carbocycles. The molecule has 10 heteroatoms. The summed E-state index contributed by atoms with van der Waals surface area (Å²) < 4.78 is 4.36. The molecular formula is C19H14BrCl2N5OS. The predicted octanol–water partition coefficient (Wildman–Crippen LogP) is 4.71. The highest BCUT2D eigenvalue weighted by molar-refractivity contribution is 9.10. The lowest BCUT2D eigenvalue weighted by Crippen LogP contribution is -2.34. The van der Waals surface area contributed by atoms with Gasteiger partial charge in [0.2, 0.25) is 0 Å². The van der Waals surface area contributed by atoms with Gasteiger partial charge in [0.25, 0.3) is 5.56 Å². The van der Waals surface area contributed by atoms with E-state index in [4.69, 9.17) is 35.4 Å². The van der Waals surface area contributed by atoms with Crippen molar-refractivity contribution in [3.05, 3.63) is 73.7 Å². The Labute approximate surface area is 189 Å². The highest BCUT2D eigenvalue weighted by Gasteiger charge is 2.13. The average molecular weight is 511 g/mol. The lowest BCUT2D eigenvalue weighted by molar-refractivity contribution is 0.675. The second-order valence-electron chi connectivity index (χ2n) is 6.22. The van der Waals surface area contributed by atoms with Crippen LogP contribution in [0.2, 0.25) is 10.0 Å². The summed E-state index contributed by atoms with van der Waals surface area (Å²) in [6.45, 7) is 0.832. The molecule has 1 aromatic carbocycles. The van der Waals surface area contributed by atoms with Crippen LogP contribution in [0.5, 0.6) is 0 Å². The van der Waals surface area contributed by atoms with Crippen molar-refractivity contribution >= 4 is 78.8 Å². The minimum Gasteiger partial charge on any atom is -0.361 e. The van der Waals surface area contributed by atoms with Gasteiger partial charge in [-0.2, -0.15) is 0 Å². The van der Waals surface area contributed by atoms with Crippen LogP contribution in [-0.2, 0) is 6.54 Å². The third-order valence-corrected chi connectivity index (χ3v) is 5.81. The lowest BCUT2D eigenvalue weighted by atomic mass is 10.2. The van der Waals surface area contributed by atoms with Crippen molar-refractivity contribution in [3.8, 4) is 0 Å². The van der Waals surface area contributed by atoms with Crippen molar-refractivity contribution in [2.24, 2.45) is 0 Å². The number of nitrogens with zero attached hydrogens (tertiary/aromatic N) is 3. The van der Waals surface area contributed by atoms with Gasteiger partial charge in [-0.3, -0.25) is 4.79 Å².